The van der Waals surface area contributed by atoms with Crippen LogP contribution in [0.1, 0.15) is 5.56 Å². The van der Waals surface area contributed by atoms with Gasteiger partial charge >= 0.3 is 0 Å². The van der Waals surface area contributed by atoms with Crippen LogP contribution < -0.4 is 10.1 Å². The molecule has 1 heterocycles. The highest BCUT2D eigenvalue weighted by molar-refractivity contribution is 7.11. The first kappa shape index (κ1) is 13.2. The van der Waals surface area contributed by atoms with Gasteiger partial charge in [-0.3, -0.25) is 0 Å². The Bertz CT molecular complexity index is 742. The van der Waals surface area contributed by atoms with Crippen LogP contribution in [0.25, 0.3) is 10.9 Å². The lowest BCUT2D eigenvalue weighted by molar-refractivity contribution is 0.410. The van der Waals surface area contributed by atoms with E-state index in [0.29, 0.717) is 11.6 Å². The highest BCUT2D eigenvalue weighted by Crippen LogP contribution is 2.31. The van der Waals surface area contributed by atoms with Crippen LogP contribution in [0.5, 0.6) is 5.75 Å². The number of ether oxygens (including phenoxy) is 1. The fraction of sp³-hybridized carbons (Fsp3) is 0.133. The molecule has 0 saturated carbocycles. The molecular weight excluding hydrogens is 292 g/mol. The van der Waals surface area contributed by atoms with Crippen molar-refractivity contribution in [1.29, 1.82) is 0 Å². The van der Waals surface area contributed by atoms with Gasteiger partial charge in [-0.1, -0.05) is 29.8 Å². The SMILES string of the molecule is COc1cccc(Cl)c1CNc1snc2ccccc12. The standard InChI is InChI=1S/C15H13ClN2OS/c1-19-14-8-4-6-12(16)11(14)9-17-15-10-5-2-3-7-13(10)18-20-15/h2-8,17H,9H2,1H3. The molecule has 0 aliphatic heterocycles. The van der Waals surface area contributed by atoms with Crippen LogP contribution >= 0.6 is 23.1 Å². The molecule has 0 spiro atoms. The van der Waals surface area contributed by atoms with Crippen LogP contribution in [-0.4, -0.2) is 11.5 Å². The first-order valence-corrected chi connectivity index (χ1v) is 7.34. The summed E-state index contributed by atoms with van der Waals surface area (Å²) in [5.74, 6) is 0.791. The third kappa shape index (κ3) is 2.44. The summed E-state index contributed by atoms with van der Waals surface area (Å²) in [4.78, 5) is 0. The summed E-state index contributed by atoms with van der Waals surface area (Å²) in [6, 6.07) is 13.7. The minimum absolute atomic E-state index is 0.606. The molecule has 3 aromatic rings. The van der Waals surface area contributed by atoms with Gasteiger partial charge in [-0.25, -0.2) is 0 Å². The average Bonchev–Trinajstić information content (AvgIpc) is 2.89. The van der Waals surface area contributed by atoms with Gasteiger partial charge in [0.05, 0.1) is 12.6 Å². The summed E-state index contributed by atoms with van der Waals surface area (Å²) in [6.07, 6.45) is 0. The highest BCUT2D eigenvalue weighted by atomic mass is 35.5. The van der Waals surface area contributed by atoms with Gasteiger partial charge in [-0.2, -0.15) is 4.37 Å². The van der Waals surface area contributed by atoms with E-state index in [-0.39, 0.29) is 0 Å². The number of benzene rings is 2. The second-order valence-corrected chi connectivity index (χ2v) is 5.48. The number of nitrogens with zero attached hydrogens (tertiary/aromatic N) is 1. The molecule has 0 unspecified atom stereocenters. The molecule has 3 rings (SSSR count). The Balaban J connectivity index is 1.87. The molecule has 102 valence electrons. The number of nitrogens with one attached hydrogen (secondary N) is 1. The molecule has 0 bridgehead atoms. The molecule has 0 atom stereocenters. The first-order chi connectivity index (χ1) is 9.79. The molecule has 2 aromatic carbocycles. The number of rotatable bonds is 4. The summed E-state index contributed by atoms with van der Waals surface area (Å²) in [7, 11) is 1.65. The monoisotopic (exact) mass is 304 g/mol. The molecule has 1 aromatic heterocycles. The second-order valence-electron chi connectivity index (χ2n) is 4.30. The van der Waals surface area contributed by atoms with Crippen LogP contribution in [0, 0.1) is 0 Å². The lowest BCUT2D eigenvalue weighted by Gasteiger charge is -2.11. The van der Waals surface area contributed by atoms with E-state index < -0.39 is 0 Å². The van der Waals surface area contributed by atoms with E-state index in [0.717, 1.165) is 27.2 Å². The maximum Gasteiger partial charge on any atom is 0.125 e. The van der Waals surface area contributed by atoms with Crippen molar-refractivity contribution < 1.29 is 4.74 Å². The van der Waals surface area contributed by atoms with Crippen molar-refractivity contribution in [2.24, 2.45) is 0 Å². The van der Waals surface area contributed by atoms with E-state index in [9.17, 15) is 0 Å². The third-order valence-electron chi connectivity index (χ3n) is 3.11. The zero-order valence-corrected chi connectivity index (χ0v) is 12.5. The smallest absolute Gasteiger partial charge is 0.125 e. The van der Waals surface area contributed by atoms with Crippen molar-refractivity contribution in [3.63, 3.8) is 0 Å². The Hall–Kier alpha value is -1.78. The van der Waals surface area contributed by atoms with Crippen LogP contribution in [0.15, 0.2) is 42.5 Å². The average molecular weight is 305 g/mol. The lowest BCUT2D eigenvalue weighted by Crippen LogP contribution is -2.01. The number of fused-ring (bicyclic) bond motifs is 1. The molecule has 0 aliphatic carbocycles. The van der Waals surface area contributed by atoms with Crippen molar-refractivity contribution in [3.8, 4) is 5.75 Å². The Morgan fingerprint density at radius 1 is 1.20 bits per heavy atom. The van der Waals surface area contributed by atoms with Gasteiger partial charge in [0.1, 0.15) is 10.8 Å². The van der Waals surface area contributed by atoms with Gasteiger partial charge in [0.2, 0.25) is 0 Å². The predicted molar refractivity (Wildman–Crippen MR) is 85.0 cm³/mol. The number of anilines is 1. The van der Waals surface area contributed by atoms with E-state index >= 15 is 0 Å². The number of hydrogen-bond donors (Lipinski definition) is 1. The Labute approximate surface area is 126 Å². The maximum absolute atomic E-state index is 6.23. The topological polar surface area (TPSA) is 34.1 Å². The molecule has 0 radical (unpaired) electrons. The summed E-state index contributed by atoms with van der Waals surface area (Å²) < 4.78 is 9.76. The molecular formula is C15H13ClN2OS. The van der Waals surface area contributed by atoms with Gasteiger partial charge in [0.25, 0.3) is 0 Å². The molecule has 20 heavy (non-hydrogen) atoms. The first-order valence-electron chi connectivity index (χ1n) is 6.19. The Morgan fingerprint density at radius 3 is 2.90 bits per heavy atom. The summed E-state index contributed by atoms with van der Waals surface area (Å²) in [5.41, 5.74) is 1.96. The molecule has 0 amide bonds. The summed E-state index contributed by atoms with van der Waals surface area (Å²) in [5, 5.41) is 6.26. The quantitative estimate of drug-likeness (QED) is 0.766. The van der Waals surface area contributed by atoms with E-state index in [1.807, 2.05) is 36.4 Å². The largest absolute Gasteiger partial charge is 0.496 e. The molecule has 0 aliphatic rings. The van der Waals surface area contributed by atoms with Crippen molar-refractivity contribution in [2.75, 3.05) is 12.4 Å². The summed E-state index contributed by atoms with van der Waals surface area (Å²) in [6.45, 7) is 0.606. The minimum atomic E-state index is 0.606. The molecule has 0 saturated heterocycles. The number of aromatic nitrogens is 1. The van der Waals surface area contributed by atoms with Crippen molar-refractivity contribution >= 4 is 39.0 Å². The van der Waals surface area contributed by atoms with Gasteiger partial charge in [-0.15, -0.1) is 0 Å². The Kier molecular flexibility index (Phi) is 3.76. The van der Waals surface area contributed by atoms with Gasteiger partial charge < -0.3 is 10.1 Å². The summed E-state index contributed by atoms with van der Waals surface area (Å²) >= 11 is 7.69. The van der Waals surface area contributed by atoms with Crippen LogP contribution in [-0.2, 0) is 6.54 Å². The van der Waals surface area contributed by atoms with E-state index in [2.05, 4.69) is 15.8 Å². The minimum Gasteiger partial charge on any atom is -0.496 e. The van der Waals surface area contributed by atoms with Crippen LogP contribution in [0.3, 0.4) is 0 Å². The fourth-order valence-corrected chi connectivity index (χ4v) is 3.08. The van der Waals surface area contributed by atoms with E-state index in [4.69, 9.17) is 16.3 Å². The van der Waals surface area contributed by atoms with Crippen LogP contribution in [0.4, 0.5) is 5.00 Å². The second kappa shape index (κ2) is 5.69. The van der Waals surface area contributed by atoms with Gasteiger partial charge in [-0.05, 0) is 35.8 Å². The molecule has 3 nitrogen and oxygen atoms in total. The van der Waals surface area contributed by atoms with Crippen molar-refractivity contribution in [2.45, 2.75) is 6.54 Å². The van der Waals surface area contributed by atoms with E-state index in [1.165, 1.54) is 11.5 Å². The van der Waals surface area contributed by atoms with Gasteiger partial charge in [0, 0.05) is 22.5 Å². The number of methoxy groups -OCH3 is 1. The van der Waals surface area contributed by atoms with Crippen LogP contribution in [0.2, 0.25) is 5.02 Å². The zero-order chi connectivity index (χ0) is 13.9. The fourth-order valence-electron chi connectivity index (χ4n) is 2.09. The van der Waals surface area contributed by atoms with Crippen molar-refractivity contribution in [1.82, 2.24) is 4.37 Å². The third-order valence-corrected chi connectivity index (χ3v) is 4.29. The predicted octanol–water partition coefficient (Wildman–Crippen LogP) is 4.57. The maximum atomic E-state index is 6.23. The van der Waals surface area contributed by atoms with Gasteiger partial charge in [0.15, 0.2) is 0 Å². The normalized spacial score (nSPS) is 10.7. The zero-order valence-electron chi connectivity index (χ0n) is 10.9. The lowest BCUT2D eigenvalue weighted by atomic mass is 10.2. The Morgan fingerprint density at radius 2 is 2.05 bits per heavy atom. The van der Waals surface area contributed by atoms with Crippen molar-refractivity contribution in [3.05, 3.63) is 53.1 Å². The van der Waals surface area contributed by atoms with E-state index in [1.54, 1.807) is 7.11 Å². The highest BCUT2D eigenvalue weighted by Gasteiger charge is 2.09. The molecule has 1 N–H and O–H groups in total. The molecule has 0 fully saturated rings. The molecule has 5 heteroatoms. The number of hydrogen-bond acceptors (Lipinski definition) is 4. The number of halogens is 1.